The molecule has 0 aromatic carbocycles. The minimum absolute atomic E-state index is 0.190. The Balaban J connectivity index is 1.58. The van der Waals surface area contributed by atoms with Crippen LogP contribution in [0.25, 0.3) is 0 Å². The molecule has 2 saturated carbocycles. The van der Waals surface area contributed by atoms with Crippen LogP contribution in [0.2, 0.25) is 0 Å². The molecular weight excluding hydrogens is 273 g/mol. The van der Waals surface area contributed by atoms with E-state index in [1.165, 1.54) is 51.4 Å². The summed E-state index contributed by atoms with van der Waals surface area (Å²) in [5.74, 6) is 3.11. The van der Waals surface area contributed by atoms with Crippen LogP contribution in [0.4, 0.5) is 4.39 Å². The van der Waals surface area contributed by atoms with E-state index in [9.17, 15) is 4.39 Å². The number of alkyl halides is 1. The molecule has 0 radical (unpaired) electrons. The summed E-state index contributed by atoms with van der Waals surface area (Å²) in [5.41, 5.74) is 0. The molecule has 2 heteroatoms. The fourth-order valence-corrected chi connectivity index (χ4v) is 4.43. The number of nitriles is 1. The molecule has 0 amide bonds. The van der Waals surface area contributed by atoms with Gasteiger partial charge in [-0.2, -0.15) is 5.26 Å². The summed E-state index contributed by atoms with van der Waals surface area (Å²) in [6.45, 7) is -0.190. The van der Waals surface area contributed by atoms with Gasteiger partial charge in [0.2, 0.25) is 0 Å². The van der Waals surface area contributed by atoms with Crippen LogP contribution >= 0.6 is 0 Å². The van der Waals surface area contributed by atoms with Crippen LogP contribution in [0.5, 0.6) is 0 Å². The van der Waals surface area contributed by atoms with Crippen molar-refractivity contribution in [3.05, 3.63) is 12.2 Å². The topological polar surface area (TPSA) is 23.8 Å². The van der Waals surface area contributed by atoms with Gasteiger partial charge in [-0.05, 0) is 82.0 Å². The number of unbranched alkanes of at least 4 members (excludes halogenated alkanes) is 1. The summed E-state index contributed by atoms with van der Waals surface area (Å²) < 4.78 is 12.0. The van der Waals surface area contributed by atoms with E-state index in [4.69, 9.17) is 5.26 Å². The van der Waals surface area contributed by atoms with Crippen molar-refractivity contribution < 1.29 is 4.39 Å². The molecule has 0 saturated heterocycles. The van der Waals surface area contributed by atoms with Crippen LogP contribution in [-0.4, -0.2) is 6.67 Å². The molecule has 0 heterocycles. The molecule has 2 aliphatic rings. The van der Waals surface area contributed by atoms with E-state index in [1.807, 2.05) is 0 Å². The van der Waals surface area contributed by atoms with Crippen LogP contribution in [0.1, 0.15) is 77.0 Å². The average molecular weight is 305 g/mol. The van der Waals surface area contributed by atoms with Crippen LogP contribution in [0.15, 0.2) is 12.2 Å². The van der Waals surface area contributed by atoms with Gasteiger partial charge in [0.15, 0.2) is 0 Å². The van der Waals surface area contributed by atoms with Gasteiger partial charge in [-0.15, -0.1) is 0 Å². The van der Waals surface area contributed by atoms with E-state index in [-0.39, 0.29) is 6.67 Å². The van der Waals surface area contributed by atoms with Gasteiger partial charge in [0.25, 0.3) is 0 Å². The van der Waals surface area contributed by atoms with Gasteiger partial charge in [0.05, 0.1) is 12.7 Å². The van der Waals surface area contributed by atoms with Crippen molar-refractivity contribution in [2.75, 3.05) is 6.67 Å². The first-order valence-corrected chi connectivity index (χ1v) is 9.44. The van der Waals surface area contributed by atoms with E-state index in [2.05, 4.69) is 18.2 Å². The van der Waals surface area contributed by atoms with Crippen molar-refractivity contribution in [3.8, 4) is 6.07 Å². The van der Waals surface area contributed by atoms with Gasteiger partial charge in [-0.1, -0.05) is 25.0 Å². The zero-order valence-electron chi connectivity index (χ0n) is 14.0. The maximum absolute atomic E-state index is 12.0. The molecule has 0 spiro atoms. The first-order valence-electron chi connectivity index (χ1n) is 9.44. The first kappa shape index (κ1) is 17.5. The predicted octanol–water partition coefficient (Wildman–Crippen LogP) is 6.21. The highest BCUT2D eigenvalue weighted by molar-refractivity contribution is 4.90. The minimum Gasteiger partial charge on any atom is -0.251 e. The van der Waals surface area contributed by atoms with Crippen molar-refractivity contribution in [1.82, 2.24) is 0 Å². The Morgan fingerprint density at radius 1 is 0.864 bits per heavy atom. The Labute approximate surface area is 136 Å². The Morgan fingerprint density at radius 3 is 2.05 bits per heavy atom. The lowest BCUT2D eigenvalue weighted by Crippen LogP contribution is -2.25. The molecule has 0 bridgehead atoms. The fourth-order valence-electron chi connectivity index (χ4n) is 4.43. The summed E-state index contributed by atoms with van der Waals surface area (Å²) in [5, 5.41) is 9.00. The van der Waals surface area contributed by atoms with E-state index in [0.717, 1.165) is 37.0 Å². The minimum atomic E-state index is -0.190. The van der Waals surface area contributed by atoms with Gasteiger partial charge in [0, 0.05) is 5.92 Å². The monoisotopic (exact) mass is 305 g/mol. The maximum Gasteiger partial charge on any atom is 0.0897 e. The average Bonchev–Trinajstić information content (AvgIpc) is 2.59. The van der Waals surface area contributed by atoms with E-state index >= 15 is 0 Å². The van der Waals surface area contributed by atoms with Gasteiger partial charge in [-0.3, -0.25) is 4.39 Å². The van der Waals surface area contributed by atoms with Crippen LogP contribution in [0.3, 0.4) is 0 Å². The Kier molecular flexibility index (Phi) is 7.99. The van der Waals surface area contributed by atoms with Gasteiger partial charge < -0.3 is 0 Å². The molecule has 2 rings (SSSR count). The number of nitrogens with zero attached hydrogens (tertiary/aromatic N) is 1. The second kappa shape index (κ2) is 10.0. The zero-order chi connectivity index (χ0) is 15.6. The quantitative estimate of drug-likeness (QED) is 0.405. The second-order valence-corrected chi connectivity index (χ2v) is 7.40. The van der Waals surface area contributed by atoms with Crippen LogP contribution in [-0.2, 0) is 0 Å². The Morgan fingerprint density at radius 2 is 1.45 bits per heavy atom. The lowest BCUT2D eigenvalue weighted by Gasteiger charge is -2.36. The number of halogens is 1. The lowest BCUT2D eigenvalue weighted by atomic mass is 9.69. The molecule has 0 aromatic heterocycles. The van der Waals surface area contributed by atoms with Crippen molar-refractivity contribution in [1.29, 1.82) is 5.26 Å². The van der Waals surface area contributed by atoms with Gasteiger partial charge in [-0.25, -0.2) is 0 Å². The third-order valence-electron chi connectivity index (χ3n) is 5.93. The molecule has 0 unspecified atom stereocenters. The van der Waals surface area contributed by atoms with E-state index in [0.29, 0.717) is 12.3 Å². The molecule has 0 aromatic rings. The van der Waals surface area contributed by atoms with E-state index in [1.54, 1.807) is 0 Å². The summed E-state index contributed by atoms with van der Waals surface area (Å²) >= 11 is 0. The third-order valence-corrected chi connectivity index (χ3v) is 5.93. The van der Waals surface area contributed by atoms with Crippen LogP contribution in [0, 0.1) is 35.0 Å². The zero-order valence-corrected chi connectivity index (χ0v) is 14.0. The molecule has 0 atom stereocenters. The molecule has 1 nitrogen and oxygen atoms in total. The molecule has 2 aliphatic carbocycles. The summed E-state index contributed by atoms with van der Waals surface area (Å²) in [6, 6.07) is 2.45. The molecule has 124 valence electrons. The summed E-state index contributed by atoms with van der Waals surface area (Å²) in [7, 11) is 0. The van der Waals surface area contributed by atoms with Crippen molar-refractivity contribution in [2.24, 2.45) is 23.7 Å². The Hall–Kier alpha value is -0.840. The lowest BCUT2D eigenvalue weighted by molar-refractivity contribution is 0.154. The first-order chi connectivity index (χ1) is 10.8. The fraction of sp³-hybridized carbons (Fsp3) is 0.850. The largest absolute Gasteiger partial charge is 0.251 e. The number of allylic oxidation sites excluding steroid dienone is 2. The molecule has 2 fully saturated rings. The van der Waals surface area contributed by atoms with Crippen LogP contribution < -0.4 is 0 Å². The SMILES string of the molecule is N#C[C@H]1CC[C@H]([C@H]2CC[C@H](CCC=CCCCF)CC2)CC1. The summed E-state index contributed by atoms with van der Waals surface area (Å²) in [6.07, 6.45) is 19.0. The van der Waals surface area contributed by atoms with Crippen molar-refractivity contribution >= 4 is 0 Å². The third kappa shape index (κ3) is 5.75. The molecule has 22 heavy (non-hydrogen) atoms. The number of rotatable bonds is 7. The van der Waals surface area contributed by atoms with Crippen molar-refractivity contribution in [2.45, 2.75) is 77.0 Å². The highest BCUT2D eigenvalue weighted by atomic mass is 19.1. The smallest absolute Gasteiger partial charge is 0.0897 e. The standard InChI is InChI=1S/C20H32FN/c21-15-5-3-1-2-4-6-17-7-11-19(12-8-17)20-13-9-18(16-22)10-14-20/h1-2,17-20H,3-15H2/t17-,18-,19-,20-. The number of hydrogen-bond donors (Lipinski definition) is 0. The number of hydrogen-bond acceptors (Lipinski definition) is 1. The van der Waals surface area contributed by atoms with Gasteiger partial charge >= 0.3 is 0 Å². The van der Waals surface area contributed by atoms with Crippen molar-refractivity contribution in [3.63, 3.8) is 0 Å². The second-order valence-electron chi connectivity index (χ2n) is 7.40. The highest BCUT2D eigenvalue weighted by Crippen LogP contribution is 2.42. The summed E-state index contributed by atoms with van der Waals surface area (Å²) in [4.78, 5) is 0. The molecular formula is C20H32FN. The molecule has 0 N–H and O–H groups in total. The maximum atomic E-state index is 12.0. The normalized spacial score (nSPS) is 32.9. The molecule has 0 aliphatic heterocycles. The van der Waals surface area contributed by atoms with Gasteiger partial charge in [0.1, 0.15) is 0 Å². The van der Waals surface area contributed by atoms with E-state index < -0.39 is 0 Å². The Bertz CT molecular complexity index is 354. The predicted molar refractivity (Wildman–Crippen MR) is 90.1 cm³/mol. The highest BCUT2D eigenvalue weighted by Gasteiger charge is 2.30.